The minimum atomic E-state index is 0.166. The van der Waals surface area contributed by atoms with Crippen LogP contribution in [0.2, 0.25) is 0 Å². The predicted molar refractivity (Wildman–Crippen MR) is 108 cm³/mol. The molecular formula is C21H29N5O. The zero-order valence-electron chi connectivity index (χ0n) is 16.2. The molecule has 1 amide bonds. The van der Waals surface area contributed by atoms with Crippen molar-refractivity contribution < 1.29 is 4.79 Å². The number of benzene rings is 1. The number of nitrogens with one attached hydrogen (secondary N) is 2. The molecule has 0 atom stereocenters. The molecule has 0 spiro atoms. The lowest BCUT2D eigenvalue weighted by Gasteiger charge is -2.34. The maximum absolute atomic E-state index is 12.0. The molecule has 2 fully saturated rings. The fourth-order valence-corrected chi connectivity index (χ4v) is 3.68. The standard InChI is InChI=1S/C21H29N5O/c1-15-12-19(24-25(15)2)14-22-17-8-10-26(11-9-17)20-5-3-4-18(13-20)23-21(27)16-6-7-16/h3-5,12-13,16-17,22H,6-11,14H2,1-2H3,(H,23,27). The van der Waals surface area contributed by atoms with Crippen molar-refractivity contribution in [3.05, 3.63) is 41.7 Å². The monoisotopic (exact) mass is 367 g/mol. The Morgan fingerprint density at radius 3 is 2.63 bits per heavy atom. The minimum Gasteiger partial charge on any atom is -0.371 e. The Kier molecular flexibility index (Phi) is 5.16. The van der Waals surface area contributed by atoms with E-state index >= 15 is 0 Å². The zero-order valence-corrected chi connectivity index (χ0v) is 16.2. The molecule has 2 heterocycles. The molecule has 27 heavy (non-hydrogen) atoms. The van der Waals surface area contributed by atoms with Crippen molar-refractivity contribution in [2.45, 2.75) is 45.2 Å². The van der Waals surface area contributed by atoms with Gasteiger partial charge < -0.3 is 15.5 Å². The van der Waals surface area contributed by atoms with Crippen LogP contribution in [-0.2, 0) is 18.4 Å². The van der Waals surface area contributed by atoms with Crippen LogP contribution in [0.25, 0.3) is 0 Å². The van der Waals surface area contributed by atoms with Crippen molar-refractivity contribution in [1.82, 2.24) is 15.1 Å². The largest absolute Gasteiger partial charge is 0.371 e. The van der Waals surface area contributed by atoms with Crippen molar-refractivity contribution in [2.75, 3.05) is 23.3 Å². The van der Waals surface area contributed by atoms with Gasteiger partial charge in [-0.2, -0.15) is 5.10 Å². The number of carbonyl (C=O) groups is 1. The molecule has 6 nitrogen and oxygen atoms in total. The summed E-state index contributed by atoms with van der Waals surface area (Å²) >= 11 is 0. The Morgan fingerprint density at radius 1 is 1.19 bits per heavy atom. The van der Waals surface area contributed by atoms with E-state index in [2.05, 4.69) is 45.8 Å². The third kappa shape index (κ3) is 4.50. The second-order valence-electron chi connectivity index (χ2n) is 7.86. The lowest BCUT2D eigenvalue weighted by molar-refractivity contribution is -0.117. The van der Waals surface area contributed by atoms with E-state index in [9.17, 15) is 4.79 Å². The summed E-state index contributed by atoms with van der Waals surface area (Å²) in [5, 5.41) is 11.2. The SMILES string of the molecule is Cc1cc(CNC2CCN(c3cccc(NC(=O)C4CC4)c3)CC2)nn1C. The van der Waals surface area contributed by atoms with Gasteiger partial charge in [-0.15, -0.1) is 0 Å². The van der Waals surface area contributed by atoms with Crippen molar-refractivity contribution >= 4 is 17.3 Å². The van der Waals surface area contributed by atoms with Crippen molar-refractivity contribution in [3.8, 4) is 0 Å². The van der Waals surface area contributed by atoms with Crippen LogP contribution in [-0.4, -0.2) is 34.8 Å². The summed E-state index contributed by atoms with van der Waals surface area (Å²) in [7, 11) is 1.98. The Bertz CT molecular complexity index is 783. The third-order valence-electron chi connectivity index (χ3n) is 5.66. The van der Waals surface area contributed by atoms with Gasteiger partial charge in [0.2, 0.25) is 5.91 Å². The highest BCUT2D eigenvalue weighted by Gasteiger charge is 2.29. The van der Waals surface area contributed by atoms with Gasteiger partial charge in [0.1, 0.15) is 0 Å². The van der Waals surface area contributed by atoms with Crippen LogP contribution < -0.4 is 15.5 Å². The maximum Gasteiger partial charge on any atom is 0.227 e. The van der Waals surface area contributed by atoms with Gasteiger partial charge in [0, 0.05) is 55.7 Å². The number of carbonyl (C=O) groups excluding carboxylic acids is 1. The minimum absolute atomic E-state index is 0.166. The van der Waals surface area contributed by atoms with E-state index in [1.807, 2.05) is 23.9 Å². The second-order valence-corrected chi connectivity index (χ2v) is 7.86. The van der Waals surface area contributed by atoms with Gasteiger partial charge in [0.05, 0.1) is 5.69 Å². The molecule has 2 aromatic rings. The lowest BCUT2D eigenvalue weighted by Crippen LogP contribution is -2.42. The molecule has 2 N–H and O–H groups in total. The highest BCUT2D eigenvalue weighted by atomic mass is 16.2. The van der Waals surface area contributed by atoms with Gasteiger partial charge in [0.15, 0.2) is 0 Å². The van der Waals surface area contributed by atoms with Gasteiger partial charge in [-0.3, -0.25) is 9.48 Å². The first kappa shape index (κ1) is 18.0. The molecule has 0 radical (unpaired) electrons. The quantitative estimate of drug-likeness (QED) is 0.824. The van der Waals surface area contributed by atoms with Crippen LogP contribution in [0.5, 0.6) is 0 Å². The molecule has 4 rings (SSSR count). The highest BCUT2D eigenvalue weighted by Crippen LogP contribution is 2.31. The fourth-order valence-electron chi connectivity index (χ4n) is 3.68. The van der Waals surface area contributed by atoms with E-state index < -0.39 is 0 Å². The number of piperidine rings is 1. The van der Waals surface area contributed by atoms with Crippen LogP contribution in [0.15, 0.2) is 30.3 Å². The van der Waals surface area contributed by atoms with Crippen LogP contribution in [0, 0.1) is 12.8 Å². The van der Waals surface area contributed by atoms with Gasteiger partial charge in [-0.25, -0.2) is 0 Å². The number of amides is 1. The molecule has 1 saturated heterocycles. The summed E-state index contributed by atoms with van der Waals surface area (Å²) in [6.45, 7) is 4.96. The molecule has 1 aliphatic carbocycles. The molecule has 0 unspecified atom stereocenters. The Morgan fingerprint density at radius 2 is 1.96 bits per heavy atom. The lowest BCUT2D eigenvalue weighted by atomic mass is 10.0. The topological polar surface area (TPSA) is 62.2 Å². The maximum atomic E-state index is 12.0. The van der Waals surface area contributed by atoms with Gasteiger partial charge in [-0.05, 0) is 56.9 Å². The van der Waals surface area contributed by atoms with E-state index in [-0.39, 0.29) is 11.8 Å². The van der Waals surface area contributed by atoms with Crippen molar-refractivity contribution in [3.63, 3.8) is 0 Å². The van der Waals surface area contributed by atoms with E-state index in [1.165, 1.54) is 11.4 Å². The molecule has 1 aromatic heterocycles. The Hall–Kier alpha value is -2.34. The number of nitrogens with zero attached hydrogens (tertiary/aromatic N) is 3. The summed E-state index contributed by atoms with van der Waals surface area (Å²) in [6.07, 6.45) is 4.29. The molecule has 2 aliphatic rings. The zero-order chi connectivity index (χ0) is 18.8. The molecule has 1 aliphatic heterocycles. The van der Waals surface area contributed by atoms with Gasteiger partial charge in [0.25, 0.3) is 0 Å². The van der Waals surface area contributed by atoms with E-state index in [4.69, 9.17) is 0 Å². The van der Waals surface area contributed by atoms with E-state index in [0.29, 0.717) is 6.04 Å². The molecule has 1 aromatic carbocycles. The van der Waals surface area contributed by atoms with Crippen LogP contribution >= 0.6 is 0 Å². The first-order chi connectivity index (χ1) is 13.1. The summed E-state index contributed by atoms with van der Waals surface area (Å²) in [4.78, 5) is 14.4. The first-order valence-corrected chi connectivity index (χ1v) is 9.97. The number of hydrogen-bond acceptors (Lipinski definition) is 4. The van der Waals surface area contributed by atoms with Gasteiger partial charge >= 0.3 is 0 Å². The van der Waals surface area contributed by atoms with Crippen LogP contribution in [0.4, 0.5) is 11.4 Å². The number of aromatic nitrogens is 2. The molecule has 0 bridgehead atoms. The molecule has 1 saturated carbocycles. The van der Waals surface area contributed by atoms with Crippen molar-refractivity contribution in [2.24, 2.45) is 13.0 Å². The van der Waals surface area contributed by atoms with Crippen molar-refractivity contribution in [1.29, 1.82) is 0 Å². The number of hydrogen-bond donors (Lipinski definition) is 2. The highest BCUT2D eigenvalue weighted by molar-refractivity contribution is 5.94. The van der Waals surface area contributed by atoms with Crippen LogP contribution in [0.3, 0.4) is 0 Å². The predicted octanol–water partition coefficient (Wildman–Crippen LogP) is 2.84. The average Bonchev–Trinajstić information content (AvgIpc) is 3.47. The molecular weight excluding hydrogens is 338 g/mol. The molecule has 6 heteroatoms. The van der Waals surface area contributed by atoms with Crippen LogP contribution in [0.1, 0.15) is 37.1 Å². The third-order valence-corrected chi connectivity index (χ3v) is 5.66. The molecule has 144 valence electrons. The Labute approximate surface area is 160 Å². The first-order valence-electron chi connectivity index (χ1n) is 9.97. The van der Waals surface area contributed by atoms with Gasteiger partial charge in [-0.1, -0.05) is 6.07 Å². The average molecular weight is 367 g/mol. The van der Waals surface area contributed by atoms with E-state index in [1.54, 1.807) is 0 Å². The smallest absolute Gasteiger partial charge is 0.227 e. The normalized spacial score (nSPS) is 17.9. The summed E-state index contributed by atoms with van der Waals surface area (Å²) in [5.74, 6) is 0.401. The number of aryl methyl sites for hydroxylation is 2. The Balaban J connectivity index is 1.27. The summed E-state index contributed by atoms with van der Waals surface area (Å²) < 4.78 is 1.93. The number of anilines is 2. The number of rotatable bonds is 6. The fraction of sp³-hybridized carbons (Fsp3) is 0.524. The second kappa shape index (κ2) is 7.72. The summed E-state index contributed by atoms with van der Waals surface area (Å²) in [6, 6.07) is 10.9. The van der Waals surface area contributed by atoms with E-state index in [0.717, 1.165) is 56.7 Å². The summed E-state index contributed by atoms with van der Waals surface area (Å²) in [5.41, 5.74) is 4.41.